The molecule has 1 fully saturated rings. The molecule has 1 N–H and O–H groups in total. The molecular formula is C21H26N4O3S. The molecule has 0 atom stereocenters. The van der Waals surface area contributed by atoms with Crippen LogP contribution in [0.3, 0.4) is 0 Å². The molecule has 2 amide bonds. The van der Waals surface area contributed by atoms with Gasteiger partial charge in [0.2, 0.25) is 11.8 Å². The topological polar surface area (TPSA) is 74.8 Å². The Hall–Kier alpha value is -2.71. The molecule has 1 aromatic heterocycles. The first-order chi connectivity index (χ1) is 14.0. The average Bonchev–Trinajstić information content (AvgIpc) is 3.16. The largest absolute Gasteiger partial charge is 0.487 e. The van der Waals surface area contributed by atoms with Crippen molar-refractivity contribution < 1.29 is 14.3 Å². The Balaban J connectivity index is 1.54. The summed E-state index contributed by atoms with van der Waals surface area (Å²) < 4.78 is 5.90. The summed E-state index contributed by atoms with van der Waals surface area (Å²) in [6.45, 7) is 5.35. The Labute approximate surface area is 175 Å². The standard InChI is InChI=1S/C21H26N4O3S/c1-16-23-18(15-29-16)14-28-19-6-4-3-5-17(19)7-8-21(27)25-11-9-24(10-12-25)13-20(26)22-2/h3-8,15H,9-14H2,1-2H3,(H,22,26)/b8-7+. The van der Waals surface area contributed by atoms with Gasteiger partial charge in [-0.05, 0) is 19.1 Å². The lowest BCUT2D eigenvalue weighted by atomic mass is 10.2. The van der Waals surface area contributed by atoms with E-state index in [9.17, 15) is 9.59 Å². The number of nitrogens with one attached hydrogen (secondary N) is 1. The van der Waals surface area contributed by atoms with Gasteiger partial charge in [0.1, 0.15) is 12.4 Å². The van der Waals surface area contributed by atoms with E-state index in [0.29, 0.717) is 39.3 Å². The molecule has 2 aromatic rings. The van der Waals surface area contributed by atoms with Gasteiger partial charge < -0.3 is 15.0 Å². The van der Waals surface area contributed by atoms with Crippen LogP contribution in [0.5, 0.6) is 5.75 Å². The summed E-state index contributed by atoms with van der Waals surface area (Å²) in [6.07, 6.45) is 3.38. The molecule has 7 nitrogen and oxygen atoms in total. The predicted molar refractivity (Wildman–Crippen MR) is 114 cm³/mol. The summed E-state index contributed by atoms with van der Waals surface area (Å²) in [4.78, 5) is 32.3. The second-order valence-electron chi connectivity index (χ2n) is 6.79. The van der Waals surface area contributed by atoms with Gasteiger partial charge in [0.15, 0.2) is 0 Å². The molecule has 0 spiro atoms. The fourth-order valence-corrected chi connectivity index (χ4v) is 3.65. The number of carbonyl (C=O) groups is 2. The summed E-state index contributed by atoms with van der Waals surface area (Å²) in [5, 5.41) is 5.62. The van der Waals surface area contributed by atoms with E-state index in [1.54, 1.807) is 35.4 Å². The molecular weight excluding hydrogens is 388 g/mol. The van der Waals surface area contributed by atoms with E-state index in [2.05, 4.69) is 15.2 Å². The zero-order valence-corrected chi connectivity index (χ0v) is 17.6. The first-order valence-electron chi connectivity index (χ1n) is 9.58. The van der Waals surface area contributed by atoms with Crippen LogP contribution in [0.4, 0.5) is 0 Å². The quantitative estimate of drug-likeness (QED) is 0.701. The van der Waals surface area contributed by atoms with Gasteiger partial charge in [-0.1, -0.05) is 18.2 Å². The number of aryl methyl sites for hydroxylation is 1. The number of rotatable bonds is 7. The van der Waals surface area contributed by atoms with Gasteiger partial charge >= 0.3 is 0 Å². The maximum Gasteiger partial charge on any atom is 0.246 e. The third-order valence-electron chi connectivity index (χ3n) is 4.70. The molecule has 1 aromatic carbocycles. The van der Waals surface area contributed by atoms with Crippen LogP contribution in [-0.4, -0.2) is 66.4 Å². The first kappa shape index (κ1) is 21.0. The Bertz CT molecular complexity index is 872. The molecule has 1 aliphatic rings. The predicted octanol–water partition coefficient (Wildman–Crippen LogP) is 1.93. The van der Waals surface area contributed by atoms with Gasteiger partial charge in [0.05, 0.1) is 17.2 Å². The highest BCUT2D eigenvalue weighted by molar-refractivity contribution is 7.09. The number of piperazine rings is 1. The fourth-order valence-electron chi connectivity index (χ4n) is 3.05. The summed E-state index contributed by atoms with van der Waals surface area (Å²) in [6, 6.07) is 7.64. The highest BCUT2D eigenvalue weighted by atomic mass is 32.1. The van der Waals surface area contributed by atoms with E-state index >= 15 is 0 Å². The van der Waals surface area contributed by atoms with Crippen LogP contribution in [0.25, 0.3) is 6.08 Å². The Morgan fingerprint density at radius 2 is 2.00 bits per heavy atom. The monoisotopic (exact) mass is 414 g/mol. The summed E-state index contributed by atoms with van der Waals surface area (Å²) >= 11 is 1.60. The first-order valence-corrected chi connectivity index (χ1v) is 10.5. The lowest BCUT2D eigenvalue weighted by Gasteiger charge is -2.33. The lowest BCUT2D eigenvalue weighted by Crippen LogP contribution is -2.50. The van der Waals surface area contributed by atoms with Crippen molar-refractivity contribution in [3.05, 3.63) is 52.0 Å². The number of hydrogen-bond acceptors (Lipinski definition) is 6. The number of ether oxygens (including phenoxy) is 1. The molecule has 1 aliphatic heterocycles. The fraction of sp³-hybridized carbons (Fsp3) is 0.381. The molecule has 0 unspecified atom stereocenters. The van der Waals surface area contributed by atoms with E-state index in [1.165, 1.54) is 0 Å². The number of benzene rings is 1. The second-order valence-corrected chi connectivity index (χ2v) is 7.85. The zero-order valence-electron chi connectivity index (χ0n) is 16.8. The van der Waals surface area contributed by atoms with Crippen molar-refractivity contribution in [3.8, 4) is 5.75 Å². The minimum absolute atomic E-state index is 0.00547. The van der Waals surface area contributed by atoms with Crippen molar-refractivity contribution in [2.75, 3.05) is 39.8 Å². The maximum absolute atomic E-state index is 12.5. The number of hydrogen-bond donors (Lipinski definition) is 1. The van der Waals surface area contributed by atoms with Gasteiger partial charge in [0.25, 0.3) is 0 Å². The van der Waals surface area contributed by atoms with Crippen LogP contribution in [0.15, 0.2) is 35.7 Å². The summed E-state index contributed by atoms with van der Waals surface area (Å²) in [7, 11) is 1.63. The molecule has 0 radical (unpaired) electrons. The number of amides is 2. The number of nitrogens with zero attached hydrogens (tertiary/aromatic N) is 3. The lowest BCUT2D eigenvalue weighted by molar-refractivity contribution is -0.128. The van der Waals surface area contributed by atoms with Crippen LogP contribution in [0, 0.1) is 6.92 Å². The van der Waals surface area contributed by atoms with Gasteiger partial charge in [-0.3, -0.25) is 14.5 Å². The van der Waals surface area contributed by atoms with E-state index in [-0.39, 0.29) is 11.8 Å². The van der Waals surface area contributed by atoms with Crippen LogP contribution in [-0.2, 0) is 16.2 Å². The van der Waals surface area contributed by atoms with Crippen molar-refractivity contribution in [2.24, 2.45) is 0 Å². The second kappa shape index (κ2) is 10.2. The van der Waals surface area contributed by atoms with Crippen molar-refractivity contribution in [1.29, 1.82) is 0 Å². The van der Waals surface area contributed by atoms with Gasteiger partial charge in [-0.15, -0.1) is 11.3 Å². The minimum atomic E-state index is -0.0328. The highest BCUT2D eigenvalue weighted by Crippen LogP contribution is 2.21. The Morgan fingerprint density at radius 1 is 1.24 bits per heavy atom. The molecule has 0 bridgehead atoms. The van der Waals surface area contributed by atoms with Crippen molar-refractivity contribution in [3.63, 3.8) is 0 Å². The van der Waals surface area contributed by atoms with Gasteiger partial charge in [-0.2, -0.15) is 0 Å². The Morgan fingerprint density at radius 3 is 2.69 bits per heavy atom. The normalized spacial score (nSPS) is 14.9. The van der Waals surface area contributed by atoms with Crippen LogP contribution in [0.1, 0.15) is 16.3 Å². The molecule has 0 aliphatic carbocycles. The number of thiazole rings is 1. The number of aromatic nitrogens is 1. The van der Waals surface area contributed by atoms with Crippen LogP contribution >= 0.6 is 11.3 Å². The molecule has 29 heavy (non-hydrogen) atoms. The zero-order chi connectivity index (χ0) is 20.6. The van der Waals surface area contributed by atoms with E-state index in [1.807, 2.05) is 36.6 Å². The Kier molecular flexibility index (Phi) is 7.37. The summed E-state index contributed by atoms with van der Waals surface area (Å²) in [5.41, 5.74) is 1.75. The van der Waals surface area contributed by atoms with Crippen LogP contribution < -0.4 is 10.1 Å². The number of para-hydroxylation sites is 1. The third-order valence-corrected chi connectivity index (χ3v) is 5.52. The SMILES string of the molecule is CNC(=O)CN1CCN(C(=O)/C=C/c2ccccc2OCc2csc(C)n2)CC1. The van der Waals surface area contributed by atoms with Gasteiger partial charge in [-0.25, -0.2) is 4.98 Å². The van der Waals surface area contributed by atoms with Crippen molar-refractivity contribution in [2.45, 2.75) is 13.5 Å². The highest BCUT2D eigenvalue weighted by Gasteiger charge is 2.20. The summed E-state index contributed by atoms with van der Waals surface area (Å²) in [5.74, 6) is 0.682. The maximum atomic E-state index is 12.5. The van der Waals surface area contributed by atoms with E-state index < -0.39 is 0 Å². The molecule has 2 heterocycles. The van der Waals surface area contributed by atoms with E-state index in [0.717, 1.165) is 22.0 Å². The van der Waals surface area contributed by atoms with E-state index in [4.69, 9.17) is 4.74 Å². The number of likely N-dealkylation sites (N-methyl/N-ethyl adjacent to an activating group) is 1. The third kappa shape index (κ3) is 6.13. The molecule has 8 heteroatoms. The van der Waals surface area contributed by atoms with Gasteiger partial charge in [0, 0.05) is 50.2 Å². The molecule has 154 valence electrons. The molecule has 0 saturated carbocycles. The molecule has 1 saturated heterocycles. The average molecular weight is 415 g/mol. The minimum Gasteiger partial charge on any atom is -0.487 e. The smallest absolute Gasteiger partial charge is 0.246 e. The molecule has 3 rings (SSSR count). The van der Waals surface area contributed by atoms with Crippen LogP contribution in [0.2, 0.25) is 0 Å². The number of carbonyl (C=O) groups excluding carboxylic acids is 2. The van der Waals surface area contributed by atoms with Crippen molar-refractivity contribution >= 4 is 29.2 Å². The van der Waals surface area contributed by atoms with Crippen molar-refractivity contribution in [1.82, 2.24) is 20.1 Å².